The lowest BCUT2D eigenvalue weighted by Crippen LogP contribution is -2.53. The van der Waals surface area contributed by atoms with Crippen molar-refractivity contribution in [1.29, 1.82) is 0 Å². The molecule has 0 aromatic carbocycles. The van der Waals surface area contributed by atoms with E-state index in [2.05, 4.69) is 20.8 Å². The molecule has 7 atom stereocenters. The van der Waals surface area contributed by atoms with E-state index in [-0.39, 0.29) is 22.7 Å². The Balaban J connectivity index is 1.80. The highest BCUT2D eigenvalue weighted by Gasteiger charge is 2.60. The summed E-state index contributed by atoms with van der Waals surface area (Å²) < 4.78 is 0. The van der Waals surface area contributed by atoms with Crippen LogP contribution in [0.1, 0.15) is 66.2 Å². The summed E-state index contributed by atoms with van der Waals surface area (Å²) >= 11 is 0. The molecule has 0 radical (unpaired) electrons. The van der Waals surface area contributed by atoms with Gasteiger partial charge in [-0.25, -0.2) is 0 Å². The number of carbonyl (C=O) groups excluding carboxylic acids is 1. The lowest BCUT2D eigenvalue weighted by Gasteiger charge is -2.59. The minimum Gasteiger partial charge on any atom is -0.515 e. The topological polar surface area (TPSA) is 57.5 Å². The van der Waals surface area contributed by atoms with E-state index >= 15 is 0 Å². The molecule has 3 saturated carbocycles. The Kier molecular flexibility index (Phi) is 3.78. The van der Waals surface area contributed by atoms with Crippen molar-refractivity contribution in [2.24, 2.45) is 34.5 Å². The van der Waals surface area contributed by atoms with E-state index in [4.69, 9.17) is 0 Å². The summed E-state index contributed by atoms with van der Waals surface area (Å²) in [6, 6.07) is 0. The van der Waals surface area contributed by atoms with Gasteiger partial charge in [0.1, 0.15) is 0 Å². The fourth-order valence-corrected chi connectivity index (χ4v) is 7.64. The fourth-order valence-electron chi connectivity index (χ4n) is 7.64. The average molecular weight is 344 g/mol. The Bertz CT molecular complexity index is 675. The highest BCUT2D eigenvalue weighted by atomic mass is 16.3. The van der Waals surface area contributed by atoms with E-state index in [0.29, 0.717) is 35.7 Å². The van der Waals surface area contributed by atoms with Crippen LogP contribution in [0.4, 0.5) is 0 Å². The summed E-state index contributed by atoms with van der Waals surface area (Å²) in [5.41, 5.74) is 2.86. The molecule has 4 aliphatic carbocycles. The first-order chi connectivity index (χ1) is 11.7. The highest BCUT2D eigenvalue weighted by Crippen LogP contribution is 2.67. The summed E-state index contributed by atoms with van der Waals surface area (Å²) in [4.78, 5) is 12.6. The van der Waals surface area contributed by atoms with Crippen molar-refractivity contribution < 1.29 is 15.0 Å². The molecule has 4 aliphatic rings. The van der Waals surface area contributed by atoms with Crippen molar-refractivity contribution in [1.82, 2.24) is 0 Å². The first kappa shape index (κ1) is 17.3. The maximum absolute atomic E-state index is 12.6. The van der Waals surface area contributed by atoms with Crippen LogP contribution in [0.3, 0.4) is 0 Å². The number of allylic oxidation sites excluding steroid dienone is 2. The Hall–Kier alpha value is -1.09. The molecule has 0 unspecified atom stereocenters. The molecule has 0 bridgehead atoms. The normalized spacial score (nSPS) is 51.3. The predicted molar refractivity (Wildman–Crippen MR) is 98.0 cm³/mol. The van der Waals surface area contributed by atoms with Gasteiger partial charge >= 0.3 is 0 Å². The van der Waals surface area contributed by atoms with Gasteiger partial charge in [0.25, 0.3) is 0 Å². The summed E-state index contributed by atoms with van der Waals surface area (Å²) in [6.45, 7) is 8.88. The van der Waals surface area contributed by atoms with Crippen molar-refractivity contribution in [2.75, 3.05) is 0 Å². The van der Waals surface area contributed by atoms with Crippen LogP contribution in [0.2, 0.25) is 0 Å². The molecule has 138 valence electrons. The van der Waals surface area contributed by atoms with Gasteiger partial charge in [0.2, 0.25) is 0 Å². The van der Waals surface area contributed by atoms with Crippen molar-refractivity contribution >= 4 is 5.78 Å². The Morgan fingerprint density at radius 3 is 2.56 bits per heavy atom. The molecular formula is C22H32O3. The molecule has 0 saturated heterocycles. The molecule has 0 aromatic heterocycles. The number of aliphatic hydroxyl groups excluding tert-OH is 2. The van der Waals surface area contributed by atoms with Crippen molar-refractivity contribution in [3.63, 3.8) is 0 Å². The maximum atomic E-state index is 12.6. The number of carbonyl (C=O) groups is 1. The molecule has 25 heavy (non-hydrogen) atoms. The average Bonchev–Trinajstić information content (AvgIpc) is 2.86. The lowest BCUT2D eigenvalue weighted by molar-refractivity contribution is -0.115. The van der Waals surface area contributed by atoms with Crippen LogP contribution in [-0.2, 0) is 4.79 Å². The molecule has 3 fully saturated rings. The van der Waals surface area contributed by atoms with Gasteiger partial charge < -0.3 is 10.2 Å². The van der Waals surface area contributed by atoms with Crippen LogP contribution >= 0.6 is 0 Å². The Morgan fingerprint density at radius 1 is 1.16 bits per heavy atom. The van der Waals surface area contributed by atoms with Crippen LogP contribution in [0.25, 0.3) is 0 Å². The molecule has 0 aliphatic heterocycles. The second-order valence-electron chi connectivity index (χ2n) is 9.77. The SMILES string of the molecule is CC1=C2[C@H](C)C[C@H]3[C@@H]4CC[C@H](O)[C@@]4(C)CC[C@@H]3[C@@]2(C)C/C(=C/O)C1=O. The minimum absolute atomic E-state index is 0.0240. The summed E-state index contributed by atoms with van der Waals surface area (Å²) in [6.07, 6.45) is 7.01. The highest BCUT2D eigenvalue weighted by molar-refractivity contribution is 6.09. The smallest absolute Gasteiger partial charge is 0.187 e. The van der Waals surface area contributed by atoms with E-state index in [0.717, 1.165) is 43.9 Å². The first-order valence-corrected chi connectivity index (χ1v) is 10.0. The van der Waals surface area contributed by atoms with Gasteiger partial charge in [-0.3, -0.25) is 4.79 Å². The van der Waals surface area contributed by atoms with E-state index in [9.17, 15) is 15.0 Å². The molecule has 0 amide bonds. The molecule has 0 aromatic rings. The van der Waals surface area contributed by atoms with E-state index < -0.39 is 0 Å². The second-order valence-corrected chi connectivity index (χ2v) is 9.77. The third-order valence-corrected chi connectivity index (χ3v) is 8.69. The van der Waals surface area contributed by atoms with Crippen molar-refractivity contribution in [3.8, 4) is 0 Å². The van der Waals surface area contributed by atoms with Crippen LogP contribution in [0.5, 0.6) is 0 Å². The van der Waals surface area contributed by atoms with Gasteiger partial charge in [0.05, 0.1) is 12.4 Å². The van der Waals surface area contributed by atoms with Crippen molar-refractivity contribution in [2.45, 2.75) is 72.3 Å². The number of rotatable bonds is 0. The first-order valence-electron chi connectivity index (χ1n) is 10.0. The summed E-state index contributed by atoms with van der Waals surface area (Å²) in [7, 11) is 0. The second kappa shape index (κ2) is 5.45. The number of Topliss-reactive ketones (excluding diaryl/α,β-unsaturated/α-hetero) is 1. The van der Waals surface area contributed by atoms with Crippen LogP contribution in [0.15, 0.2) is 23.0 Å². The quantitative estimate of drug-likeness (QED) is 0.500. The van der Waals surface area contributed by atoms with Crippen molar-refractivity contribution in [3.05, 3.63) is 23.0 Å². The molecule has 0 spiro atoms. The zero-order chi connectivity index (χ0) is 18.1. The molecular weight excluding hydrogens is 312 g/mol. The summed E-state index contributed by atoms with van der Waals surface area (Å²) in [5.74, 6) is 2.23. The largest absolute Gasteiger partial charge is 0.515 e. The Morgan fingerprint density at radius 2 is 1.88 bits per heavy atom. The minimum atomic E-state index is -0.152. The van der Waals surface area contributed by atoms with Gasteiger partial charge in [0.15, 0.2) is 5.78 Å². The number of fused-ring (bicyclic) bond motifs is 5. The number of hydrogen-bond donors (Lipinski definition) is 2. The third-order valence-electron chi connectivity index (χ3n) is 8.69. The standard InChI is InChI=1S/C22H32O3/c1-12-9-15-16-5-6-18(24)21(16,3)8-7-17(15)22(4)10-14(11-23)20(25)13(2)19(12)22/h11-12,15-18,23-24H,5-10H2,1-4H3/b14-11-/t12-,15+,16+,17+,18+,21+,22-/m1/s1. The van der Waals surface area contributed by atoms with Crippen LogP contribution in [-0.4, -0.2) is 22.1 Å². The molecule has 3 heteroatoms. The molecule has 3 nitrogen and oxygen atoms in total. The number of aliphatic hydroxyl groups is 2. The predicted octanol–water partition coefficient (Wildman–Crippen LogP) is 4.57. The van der Waals surface area contributed by atoms with Gasteiger partial charge in [-0.1, -0.05) is 26.3 Å². The maximum Gasteiger partial charge on any atom is 0.187 e. The third kappa shape index (κ3) is 2.11. The van der Waals surface area contributed by atoms with Gasteiger partial charge in [0, 0.05) is 5.57 Å². The summed E-state index contributed by atoms with van der Waals surface area (Å²) in [5, 5.41) is 20.2. The van der Waals surface area contributed by atoms with Gasteiger partial charge in [-0.15, -0.1) is 0 Å². The van der Waals surface area contributed by atoms with E-state index in [1.807, 2.05) is 6.92 Å². The zero-order valence-corrected chi connectivity index (χ0v) is 16.0. The van der Waals surface area contributed by atoms with Crippen LogP contribution in [0, 0.1) is 34.5 Å². The molecule has 0 heterocycles. The van der Waals surface area contributed by atoms with E-state index in [1.54, 1.807) is 0 Å². The lowest BCUT2D eigenvalue weighted by atomic mass is 9.45. The number of hydrogen-bond acceptors (Lipinski definition) is 3. The van der Waals surface area contributed by atoms with Crippen LogP contribution < -0.4 is 0 Å². The molecule has 4 rings (SSSR count). The number of ketones is 1. The van der Waals surface area contributed by atoms with E-state index in [1.165, 1.54) is 5.57 Å². The van der Waals surface area contributed by atoms with Gasteiger partial charge in [-0.2, -0.15) is 0 Å². The zero-order valence-electron chi connectivity index (χ0n) is 16.0. The molecule has 2 N–H and O–H groups in total. The van der Waals surface area contributed by atoms with Gasteiger partial charge in [-0.05, 0) is 85.5 Å². The fraction of sp³-hybridized carbons (Fsp3) is 0.773. The monoisotopic (exact) mass is 344 g/mol. The Labute approximate surface area is 151 Å².